The lowest BCUT2D eigenvalue weighted by Gasteiger charge is -2.30. The standard InChI is InChI=1S/C79H47N3S/c1-9-25-67-55(17-1)56-18-2-10-26-68(56)79(67)69-27-11-3-19-57(69)58-37-35-53(47-70(58)79)81-74-31-15-7-23-62(74)65-45-49(34-39-76(65)81)51-41-50(42-54(43-51)82-71-28-12-4-20-59(71)60-21-5-13-29-72(60)82)48-33-38-75-64(44-48)61-22-6-14-30-73(61)80(75)52-36-40-78-66(46-52)63-24-8-16-32-77(63)83-78/h1-47H. The van der Waals surface area contributed by atoms with Gasteiger partial charge >= 0.3 is 0 Å². The highest BCUT2D eigenvalue weighted by Crippen LogP contribution is 2.63. The highest BCUT2D eigenvalue weighted by atomic mass is 32.1. The molecule has 0 unspecified atom stereocenters. The van der Waals surface area contributed by atoms with E-state index in [1.807, 2.05) is 11.3 Å². The van der Waals surface area contributed by atoms with E-state index >= 15 is 0 Å². The Balaban J connectivity index is 0.809. The van der Waals surface area contributed by atoms with Gasteiger partial charge in [-0.1, -0.05) is 182 Å². The summed E-state index contributed by atoms with van der Waals surface area (Å²) in [5, 5.41) is 10.0. The number of nitrogens with zero attached hydrogens (tertiary/aromatic N) is 3. The van der Waals surface area contributed by atoms with E-state index in [0.717, 1.165) is 22.5 Å². The van der Waals surface area contributed by atoms with Crippen molar-refractivity contribution in [3.8, 4) is 61.6 Å². The molecule has 83 heavy (non-hydrogen) atoms. The lowest BCUT2D eigenvalue weighted by Crippen LogP contribution is -2.26. The summed E-state index contributed by atoms with van der Waals surface area (Å²) in [6, 6.07) is 107. The normalized spacial score (nSPS) is 13.2. The molecule has 4 heteroatoms. The molecule has 0 atom stereocenters. The Labute approximate surface area is 482 Å². The number of para-hydroxylation sites is 4. The predicted molar refractivity (Wildman–Crippen MR) is 350 cm³/mol. The molecule has 2 aliphatic carbocycles. The van der Waals surface area contributed by atoms with Crippen molar-refractivity contribution < 1.29 is 0 Å². The molecule has 13 aromatic carbocycles. The molecule has 17 aromatic rings. The second-order valence-corrected chi connectivity index (χ2v) is 23.8. The monoisotopic (exact) mass is 1070 g/mol. The molecule has 4 heterocycles. The van der Waals surface area contributed by atoms with E-state index in [2.05, 4.69) is 299 Å². The second-order valence-electron chi connectivity index (χ2n) is 22.7. The Bertz CT molecular complexity index is 5540. The van der Waals surface area contributed by atoms with E-state index in [0.29, 0.717) is 0 Å². The van der Waals surface area contributed by atoms with Crippen molar-refractivity contribution >= 4 is 96.9 Å². The van der Waals surface area contributed by atoms with Crippen molar-refractivity contribution in [2.45, 2.75) is 5.41 Å². The molecule has 4 aromatic heterocycles. The average Bonchev–Trinajstić information content (AvgIpc) is 1.75. The molecule has 19 rings (SSSR count). The summed E-state index contributed by atoms with van der Waals surface area (Å²) in [6.45, 7) is 0. The smallest absolute Gasteiger partial charge is 0.0726 e. The van der Waals surface area contributed by atoms with Gasteiger partial charge in [0.05, 0.1) is 38.5 Å². The SMILES string of the molecule is c1ccc2c(c1)-c1ccccc1C21c2ccccc2-c2ccc(-n3c4ccccc4c4cc(-c5cc(-c6ccc7c(c6)c6ccccc6n7-c6ccc7sc8ccccc8c7c6)cc(-n6c7ccccc7c7ccccc76)c5)ccc43)cc21. The maximum absolute atomic E-state index is 2.51. The minimum absolute atomic E-state index is 0.434. The molecule has 2 aliphatic rings. The zero-order chi connectivity index (χ0) is 54.1. The van der Waals surface area contributed by atoms with Gasteiger partial charge in [0.2, 0.25) is 0 Å². The van der Waals surface area contributed by atoms with Crippen LogP contribution in [0.15, 0.2) is 285 Å². The Kier molecular flexibility index (Phi) is 9.14. The summed E-state index contributed by atoms with van der Waals surface area (Å²) >= 11 is 1.86. The van der Waals surface area contributed by atoms with Crippen LogP contribution in [0.1, 0.15) is 22.3 Å². The molecular formula is C79H47N3S. The van der Waals surface area contributed by atoms with Gasteiger partial charge in [0.15, 0.2) is 0 Å². The molecule has 0 saturated heterocycles. The minimum Gasteiger partial charge on any atom is -0.309 e. The number of thiophene rings is 1. The Hall–Kier alpha value is -10.5. The van der Waals surface area contributed by atoms with Crippen LogP contribution in [0.25, 0.3) is 147 Å². The van der Waals surface area contributed by atoms with Crippen LogP contribution in [0, 0.1) is 0 Å². The van der Waals surface area contributed by atoms with Gasteiger partial charge in [-0.3, -0.25) is 0 Å². The molecular weight excluding hydrogens is 1020 g/mol. The first-order chi connectivity index (χ1) is 41.2. The lowest BCUT2D eigenvalue weighted by molar-refractivity contribution is 0.792. The molecule has 0 amide bonds. The van der Waals surface area contributed by atoms with Crippen LogP contribution in [0.4, 0.5) is 0 Å². The van der Waals surface area contributed by atoms with E-state index in [1.165, 1.54) is 147 Å². The molecule has 0 fully saturated rings. The highest BCUT2D eigenvalue weighted by Gasteiger charge is 2.51. The number of benzene rings is 13. The molecule has 0 saturated carbocycles. The van der Waals surface area contributed by atoms with Crippen molar-refractivity contribution in [2.75, 3.05) is 0 Å². The van der Waals surface area contributed by atoms with Crippen LogP contribution in [-0.2, 0) is 5.41 Å². The van der Waals surface area contributed by atoms with E-state index in [9.17, 15) is 0 Å². The quantitative estimate of drug-likeness (QED) is 0.163. The fourth-order valence-electron chi connectivity index (χ4n) is 15.2. The highest BCUT2D eigenvalue weighted by molar-refractivity contribution is 7.25. The Morgan fingerprint density at radius 1 is 0.217 bits per heavy atom. The topological polar surface area (TPSA) is 14.8 Å². The summed E-state index contributed by atoms with van der Waals surface area (Å²) < 4.78 is 10.1. The third-order valence-corrected chi connectivity index (χ3v) is 19.8. The Morgan fingerprint density at radius 2 is 0.602 bits per heavy atom. The van der Waals surface area contributed by atoms with Gasteiger partial charge in [0.1, 0.15) is 0 Å². The van der Waals surface area contributed by atoms with Crippen molar-refractivity contribution in [1.82, 2.24) is 13.7 Å². The molecule has 0 aliphatic heterocycles. The third-order valence-electron chi connectivity index (χ3n) is 18.6. The summed E-state index contributed by atoms with van der Waals surface area (Å²) in [4.78, 5) is 0. The van der Waals surface area contributed by atoms with Crippen molar-refractivity contribution in [3.05, 3.63) is 307 Å². The van der Waals surface area contributed by atoms with Gasteiger partial charge in [-0.2, -0.15) is 0 Å². The number of hydrogen-bond acceptors (Lipinski definition) is 1. The van der Waals surface area contributed by atoms with E-state index < -0.39 is 5.41 Å². The molecule has 0 radical (unpaired) electrons. The minimum atomic E-state index is -0.434. The molecule has 1 spiro atoms. The van der Waals surface area contributed by atoms with Gasteiger partial charge in [-0.05, 0) is 170 Å². The fourth-order valence-corrected chi connectivity index (χ4v) is 16.3. The predicted octanol–water partition coefficient (Wildman–Crippen LogP) is 21.0. The van der Waals surface area contributed by atoms with Crippen LogP contribution >= 0.6 is 11.3 Å². The van der Waals surface area contributed by atoms with Gasteiger partial charge in [0.25, 0.3) is 0 Å². The number of rotatable bonds is 5. The van der Waals surface area contributed by atoms with Gasteiger partial charge in [-0.15, -0.1) is 11.3 Å². The largest absolute Gasteiger partial charge is 0.309 e. The van der Waals surface area contributed by atoms with Crippen LogP contribution < -0.4 is 0 Å². The third kappa shape index (κ3) is 6.12. The molecule has 3 nitrogen and oxygen atoms in total. The van der Waals surface area contributed by atoms with Gasteiger partial charge < -0.3 is 13.7 Å². The van der Waals surface area contributed by atoms with E-state index in [1.54, 1.807) is 0 Å². The number of aromatic nitrogens is 3. The summed E-state index contributed by atoms with van der Waals surface area (Å²) in [6.07, 6.45) is 0. The summed E-state index contributed by atoms with van der Waals surface area (Å²) in [5.74, 6) is 0. The Morgan fingerprint density at radius 3 is 1.13 bits per heavy atom. The number of fused-ring (bicyclic) bond motifs is 22. The number of hydrogen-bond donors (Lipinski definition) is 0. The van der Waals surface area contributed by atoms with Crippen LogP contribution in [0.2, 0.25) is 0 Å². The first kappa shape index (κ1) is 45.2. The van der Waals surface area contributed by atoms with E-state index in [-0.39, 0.29) is 0 Å². The molecule has 0 N–H and O–H groups in total. The lowest BCUT2D eigenvalue weighted by atomic mass is 9.70. The average molecular weight is 1070 g/mol. The van der Waals surface area contributed by atoms with Gasteiger partial charge in [-0.25, -0.2) is 0 Å². The maximum Gasteiger partial charge on any atom is 0.0726 e. The molecule has 0 bridgehead atoms. The van der Waals surface area contributed by atoms with E-state index in [4.69, 9.17) is 0 Å². The molecule has 384 valence electrons. The maximum atomic E-state index is 2.51. The zero-order valence-corrected chi connectivity index (χ0v) is 45.7. The van der Waals surface area contributed by atoms with Crippen molar-refractivity contribution in [1.29, 1.82) is 0 Å². The summed E-state index contributed by atoms with van der Waals surface area (Å²) in [7, 11) is 0. The van der Waals surface area contributed by atoms with Gasteiger partial charge in [0, 0.05) is 69.6 Å². The van der Waals surface area contributed by atoms with Crippen LogP contribution in [-0.4, -0.2) is 13.7 Å². The zero-order valence-electron chi connectivity index (χ0n) is 44.9. The summed E-state index contributed by atoms with van der Waals surface area (Å²) in [5.41, 5.74) is 25.4. The fraction of sp³-hybridized carbons (Fsp3) is 0.0127. The van der Waals surface area contributed by atoms with Crippen LogP contribution in [0.3, 0.4) is 0 Å². The first-order valence-corrected chi connectivity index (χ1v) is 29.5. The first-order valence-electron chi connectivity index (χ1n) is 28.7. The second kappa shape index (κ2) is 16.8. The van der Waals surface area contributed by atoms with Crippen molar-refractivity contribution in [3.63, 3.8) is 0 Å². The van der Waals surface area contributed by atoms with Crippen molar-refractivity contribution in [2.24, 2.45) is 0 Å². The van der Waals surface area contributed by atoms with Crippen LogP contribution in [0.5, 0.6) is 0 Å².